The topological polar surface area (TPSA) is 99.5 Å². The molecule has 1 aromatic heterocycles. The molecule has 0 aliphatic carbocycles. The van der Waals surface area contributed by atoms with Crippen LogP contribution in [0.3, 0.4) is 0 Å². The lowest BCUT2D eigenvalue weighted by Gasteiger charge is -2.13. The van der Waals surface area contributed by atoms with Crippen molar-refractivity contribution in [1.29, 1.82) is 0 Å². The van der Waals surface area contributed by atoms with Gasteiger partial charge in [-0.25, -0.2) is 8.42 Å². The van der Waals surface area contributed by atoms with Crippen molar-refractivity contribution in [2.45, 2.75) is 12.5 Å². The van der Waals surface area contributed by atoms with E-state index < -0.39 is 15.7 Å². The van der Waals surface area contributed by atoms with Gasteiger partial charge in [0, 0.05) is 11.3 Å². The highest BCUT2D eigenvalue weighted by molar-refractivity contribution is 7.91. The van der Waals surface area contributed by atoms with Crippen LogP contribution in [0.4, 0.5) is 5.69 Å². The molecule has 1 aliphatic heterocycles. The molecule has 0 bridgehead atoms. The molecule has 1 N–H and O–H groups in total. The summed E-state index contributed by atoms with van der Waals surface area (Å²) in [5.41, 5.74) is 2.12. The van der Waals surface area contributed by atoms with E-state index in [-0.39, 0.29) is 23.2 Å². The average molecular weight is 476 g/mol. The molecule has 0 unspecified atom stereocenters. The second-order valence-electron chi connectivity index (χ2n) is 7.45. The maximum Gasteiger partial charge on any atom is 0.276 e. The highest BCUT2D eigenvalue weighted by Gasteiger charge is 2.32. The van der Waals surface area contributed by atoms with E-state index in [1.165, 1.54) is 7.11 Å². The smallest absolute Gasteiger partial charge is 0.276 e. The van der Waals surface area contributed by atoms with Gasteiger partial charge in [-0.2, -0.15) is 5.10 Å². The van der Waals surface area contributed by atoms with Gasteiger partial charge in [0.2, 0.25) is 0 Å². The Morgan fingerprint density at radius 2 is 1.88 bits per heavy atom. The first-order valence-electron chi connectivity index (χ1n) is 9.89. The molecule has 2 heterocycles. The normalized spacial score (nSPS) is 17.2. The molecule has 1 atom stereocenters. The van der Waals surface area contributed by atoms with E-state index in [1.807, 2.05) is 12.1 Å². The Labute approximate surface area is 191 Å². The average Bonchev–Trinajstić information content (AvgIpc) is 3.37. The lowest BCUT2D eigenvalue weighted by Crippen LogP contribution is -2.16. The van der Waals surface area contributed by atoms with E-state index in [4.69, 9.17) is 21.1 Å². The van der Waals surface area contributed by atoms with Crippen LogP contribution in [-0.4, -0.2) is 49.8 Å². The minimum atomic E-state index is -3.13. The third kappa shape index (κ3) is 4.58. The summed E-state index contributed by atoms with van der Waals surface area (Å²) in [7, 11) is -0.0423. The molecule has 10 heteroatoms. The standard InChI is InChI=1S/C22H22ClN3O5S/c1-30-17-6-3-14(4-7-17)20-12-19(25-26(20)16-9-10-32(28,29)13-16)22(27)24-15-5-8-21(31-2)18(23)11-15/h3-8,11-12,16H,9-10,13H2,1-2H3,(H,24,27)/t16-/m1/s1. The van der Waals surface area contributed by atoms with Crippen LogP contribution in [-0.2, 0) is 9.84 Å². The Hall–Kier alpha value is -3.04. The van der Waals surface area contributed by atoms with Crippen LogP contribution in [0.1, 0.15) is 23.0 Å². The zero-order valence-electron chi connectivity index (χ0n) is 17.5. The molecule has 3 aromatic rings. The number of methoxy groups -OCH3 is 2. The summed E-state index contributed by atoms with van der Waals surface area (Å²) < 4.78 is 36.1. The maximum absolute atomic E-state index is 12.9. The number of aromatic nitrogens is 2. The molecule has 4 rings (SSSR count). The highest BCUT2D eigenvalue weighted by atomic mass is 35.5. The molecule has 0 radical (unpaired) electrons. The summed E-state index contributed by atoms with van der Waals surface area (Å²) in [5, 5.41) is 7.62. The predicted molar refractivity (Wildman–Crippen MR) is 122 cm³/mol. The van der Waals surface area contributed by atoms with Crippen molar-refractivity contribution in [3.63, 3.8) is 0 Å². The third-order valence-electron chi connectivity index (χ3n) is 5.32. The number of benzene rings is 2. The fourth-order valence-electron chi connectivity index (χ4n) is 3.67. The molecule has 1 aliphatic rings. The Kier molecular flexibility index (Phi) is 6.12. The van der Waals surface area contributed by atoms with E-state index in [0.717, 1.165) is 5.56 Å². The Morgan fingerprint density at radius 3 is 2.47 bits per heavy atom. The largest absolute Gasteiger partial charge is 0.497 e. The molecular weight excluding hydrogens is 454 g/mol. The van der Waals surface area contributed by atoms with Gasteiger partial charge in [0.25, 0.3) is 5.91 Å². The second-order valence-corrected chi connectivity index (χ2v) is 10.1. The number of hydrogen-bond donors (Lipinski definition) is 1. The first-order chi connectivity index (χ1) is 15.3. The number of nitrogens with zero attached hydrogens (tertiary/aromatic N) is 2. The van der Waals surface area contributed by atoms with Crippen LogP contribution >= 0.6 is 11.6 Å². The predicted octanol–water partition coefficient (Wildman–Crippen LogP) is 3.83. The number of rotatable bonds is 6. The minimum absolute atomic E-state index is 0.00696. The lowest BCUT2D eigenvalue weighted by molar-refractivity contribution is 0.102. The van der Waals surface area contributed by atoms with E-state index in [0.29, 0.717) is 34.3 Å². The van der Waals surface area contributed by atoms with Gasteiger partial charge < -0.3 is 14.8 Å². The molecule has 0 spiro atoms. The summed E-state index contributed by atoms with van der Waals surface area (Å²) in [6.07, 6.45) is 0.447. The van der Waals surface area contributed by atoms with Crippen molar-refractivity contribution in [3.05, 3.63) is 59.2 Å². The quantitative estimate of drug-likeness (QED) is 0.581. The number of ether oxygens (including phenoxy) is 2. The van der Waals surface area contributed by atoms with Crippen molar-refractivity contribution >= 4 is 33.0 Å². The van der Waals surface area contributed by atoms with Crippen molar-refractivity contribution in [2.24, 2.45) is 0 Å². The van der Waals surface area contributed by atoms with Gasteiger partial charge in [-0.3, -0.25) is 9.48 Å². The molecule has 0 saturated carbocycles. The first kappa shape index (κ1) is 22.2. The van der Waals surface area contributed by atoms with Gasteiger partial charge in [-0.1, -0.05) is 11.6 Å². The van der Waals surface area contributed by atoms with Gasteiger partial charge in [0.1, 0.15) is 11.5 Å². The van der Waals surface area contributed by atoms with Crippen molar-refractivity contribution in [2.75, 3.05) is 31.0 Å². The first-order valence-corrected chi connectivity index (χ1v) is 12.1. The van der Waals surface area contributed by atoms with Crippen LogP contribution in [0.2, 0.25) is 5.02 Å². The minimum Gasteiger partial charge on any atom is -0.497 e. The van der Waals surface area contributed by atoms with Gasteiger partial charge in [-0.15, -0.1) is 0 Å². The Balaban J connectivity index is 1.67. The molecule has 168 valence electrons. The number of carbonyl (C=O) groups is 1. The zero-order chi connectivity index (χ0) is 22.9. The number of amides is 1. The summed E-state index contributed by atoms with van der Waals surface area (Å²) in [6.45, 7) is 0. The van der Waals surface area contributed by atoms with Crippen LogP contribution in [0.5, 0.6) is 11.5 Å². The van der Waals surface area contributed by atoms with Gasteiger partial charge in [0.05, 0.1) is 42.5 Å². The zero-order valence-corrected chi connectivity index (χ0v) is 19.1. The number of nitrogens with one attached hydrogen (secondary N) is 1. The van der Waals surface area contributed by atoms with E-state index in [2.05, 4.69) is 10.4 Å². The number of hydrogen-bond acceptors (Lipinski definition) is 6. The van der Waals surface area contributed by atoms with Crippen LogP contribution < -0.4 is 14.8 Å². The van der Waals surface area contributed by atoms with Crippen LogP contribution in [0.15, 0.2) is 48.5 Å². The number of sulfone groups is 1. The molecular formula is C22H22ClN3O5S. The Morgan fingerprint density at radius 1 is 1.12 bits per heavy atom. The summed E-state index contributed by atoms with van der Waals surface area (Å²) >= 11 is 6.14. The number of halogens is 1. The summed E-state index contributed by atoms with van der Waals surface area (Å²) in [6, 6.07) is 13.5. The van der Waals surface area contributed by atoms with E-state index >= 15 is 0 Å². The maximum atomic E-state index is 12.9. The fraction of sp³-hybridized carbons (Fsp3) is 0.273. The van der Waals surface area contributed by atoms with Crippen molar-refractivity contribution in [1.82, 2.24) is 9.78 Å². The SMILES string of the molecule is COc1ccc(-c2cc(C(=O)Nc3ccc(OC)c(Cl)c3)nn2[C@@H]2CCS(=O)(=O)C2)cc1. The van der Waals surface area contributed by atoms with E-state index in [1.54, 1.807) is 48.2 Å². The highest BCUT2D eigenvalue weighted by Crippen LogP contribution is 2.32. The van der Waals surface area contributed by atoms with Crippen molar-refractivity contribution < 1.29 is 22.7 Å². The molecule has 8 nitrogen and oxygen atoms in total. The van der Waals surface area contributed by atoms with Gasteiger partial charge >= 0.3 is 0 Å². The molecule has 1 fully saturated rings. The second kappa shape index (κ2) is 8.84. The summed E-state index contributed by atoms with van der Waals surface area (Å²) in [5.74, 6) is 0.856. The van der Waals surface area contributed by atoms with Gasteiger partial charge in [0.15, 0.2) is 15.5 Å². The lowest BCUT2D eigenvalue weighted by atomic mass is 10.1. The molecule has 2 aromatic carbocycles. The van der Waals surface area contributed by atoms with Crippen LogP contribution in [0, 0.1) is 0 Å². The monoisotopic (exact) mass is 475 g/mol. The third-order valence-corrected chi connectivity index (χ3v) is 7.36. The summed E-state index contributed by atoms with van der Waals surface area (Å²) in [4.78, 5) is 12.9. The van der Waals surface area contributed by atoms with Crippen molar-refractivity contribution in [3.8, 4) is 22.8 Å². The number of anilines is 1. The Bertz CT molecular complexity index is 1260. The van der Waals surface area contributed by atoms with Gasteiger partial charge in [-0.05, 0) is 55.0 Å². The number of carbonyl (C=O) groups excluding carboxylic acids is 1. The molecule has 1 saturated heterocycles. The van der Waals surface area contributed by atoms with Crippen LogP contribution in [0.25, 0.3) is 11.3 Å². The fourth-order valence-corrected chi connectivity index (χ4v) is 5.62. The van der Waals surface area contributed by atoms with E-state index in [9.17, 15) is 13.2 Å². The molecule has 32 heavy (non-hydrogen) atoms. The molecule has 1 amide bonds.